The van der Waals surface area contributed by atoms with E-state index in [4.69, 9.17) is 15.5 Å². The van der Waals surface area contributed by atoms with Crippen molar-refractivity contribution in [3.8, 4) is 0 Å². The zero-order valence-corrected chi connectivity index (χ0v) is 23.7. The van der Waals surface area contributed by atoms with Crippen molar-refractivity contribution in [1.29, 1.82) is 0 Å². The first-order valence-corrected chi connectivity index (χ1v) is 15.0. The van der Waals surface area contributed by atoms with Gasteiger partial charge in [0.05, 0.1) is 17.4 Å². The molecule has 2 aliphatic carbocycles. The first-order valence-electron chi connectivity index (χ1n) is 15.0. The Morgan fingerprint density at radius 1 is 1.15 bits per heavy atom. The van der Waals surface area contributed by atoms with Gasteiger partial charge in [-0.1, -0.05) is 12.5 Å². The standard InChI is InChI=1S/C30H40N8O3/c1-16(2)37(13-23-26(39)27(40)30(41-23)38-15-34-25-28(31)32-14-33-29(25)38)20-10-17(11-20)6-9-24-35-21-8-7-19(12-22(21)36-24)18-4-3-5-18/h7-8,12,14-18,20,23,26-27,30,39-40H,3-6,9-11,13H2,1-2H3,(H,35,36)(H2,31,32,33)/t17-,20-,23-,26+,27+,30-/m1/s1. The molecule has 0 unspecified atom stereocenters. The number of H-pyrrole nitrogens is 1. The molecule has 218 valence electrons. The highest BCUT2D eigenvalue weighted by molar-refractivity contribution is 5.81. The molecule has 7 rings (SSSR count). The lowest BCUT2D eigenvalue weighted by atomic mass is 9.76. The Morgan fingerprint density at radius 3 is 2.73 bits per heavy atom. The van der Waals surface area contributed by atoms with E-state index in [0.29, 0.717) is 29.7 Å². The van der Waals surface area contributed by atoms with Crippen LogP contribution in [0.15, 0.2) is 30.9 Å². The molecule has 4 atom stereocenters. The number of aryl methyl sites for hydroxylation is 1. The molecule has 0 radical (unpaired) electrons. The van der Waals surface area contributed by atoms with Crippen molar-refractivity contribution in [2.45, 2.75) is 101 Å². The minimum atomic E-state index is -1.11. The fraction of sp³-hybridized carbons (Fsp3) is 0.600. The molecule has 11 nitrogen and oxygen atoms in total. The van der Waals surface area contributed by atoms with Gasteiger partial charge in [-0.05, 0) is 75.5 Å². The Hall–Kier alpha value is -3.12. The van der Waals surface area contributed by atoms with Gasteiger partial charge in [0.2, 0.25) is 0 Å². The van der Waals surface area contributed by atoms with Crippen LogP contribution in [0, 0.1) is 5.92 Å². The highest BCUT2D eigenvalue weighted by atomic mass is 16.6. The smallest absolute Gasteiger partial charge is 0.167 e. The Kier molecular flexibility index (Phi) is 6.93. The number of aliphatic hydroxyl groups excluding tert-OH is 2. The van der Waals surface area contributed by atoms with Gasteiger partial charge in [0.1, 0.15) is 36.0 Å². The van der Waals surface area contributed by atoms with E-state index in [1.54, 1.807) is 4.57 Å². The number of nitrogens with two attached hydrogens (primary N) is 1. The topological polar surface area (TPSA) is 151 Å². The number of fused-ring (bicyclic) bond motifs is 2. The summed E-state index contributed by atoms with van der Waals surface area (Å²) in [6, 6.07) is 7.44. The van der Waals surface area contributed by atoms with Crippen LogP contribution in [0.5, 0.6) is 0 Å². The van der Waals surface area contributed by atoms with Crippen molar-refractivity contribution >= 4 is 28.0 Å². The number of aromatic nitrogens is 6. The van der Waals surface area contributed by atoms with E-state index in [0.717, 1.165) is 48.5 Å². The summed E-state index contributed by atoms with van der Waals surface area (Å²) in [6.45, 7) is 4.90. The van der Waals surface area contributed by atoms with Crippen LogP contribution in [-0.2, 0) is 11.2 Å². The van der Waals surface area contributed by atoms with Crippen LogP contribution < -0.4 is 5.73 Å². The van der Waals surface area contributed by atoms with Crippen LogP contribution in [0.25, 0.3) is 22.2 Å². The van der Waals surface area contributed by atoms with E-state index in [1.807, 2.05) is 0 Å². The number of anilines is 1. The van der Waals surface area contributed by atoms with Crippen LogP contribution in [0.2, 0.25) is 0 Å². The van der Waals surface area contributed by atoms with Crippen molar-refractivity contribution in [1.82, 2.24) is 34.4 Å². The minimum Gasteiger partial charge on any atom is -0.387 e. The third-order valence-electron chi connectivity index (χ3n) is 9.65. The van der Waals surface area contributed by atoms with Crippen LogP contribution in [0.1, 0.15) is 75.9 Å². The second-order valence-corrected chi connectivity index (χ2v) is 12.5. The second kappa shape index (κ2) is 10.6. The number of rotatable bonds is 9. The first-order chi connectivity index (χ1) is 19.9. The van der Waals surface area contributed by atoms with Crippen LogP contribution in [-0.4, -0.2) is 81.5 Å². The summed E-state index contributed by atoms with van der Waals surface area (Å²) in [6.07, 6.45) is 7.68. The molecule has 0 spiro atoms. The average molecular weight is 561 g/mol. The molecular formula is C30H40N8O3. The molecule has 4 aromatic rings. The normalized spacial score (nSPS) is 28.6. The predicted molar refractivity (Wildman–Crippen MR) is 155 cm³/mol. The minimum absolute atomic E-state index is 0.266. The molecular weight excluding hydrogens is 520 g/mol. The van der Waals surface area contributed by atoms with Gasteiger partial charge >= 0.3 is 0 Å². The molecule has 3 aliphatic rings. The molecule has 4 heterocycles. The van der Waals surface area contributed by atoms with Crippen molar-refractivity contribution in [2.24, 2.45) is 5.92 Å². The van der Waals surface area contributed by atoms with Crippen LogP contribution in [0.4, 0.5) is 5.82 Å². The van der Waals surface area contributed by atoms with Gasteiger partial charge < -0.3 is 25.7 Å². The molecule has 0 bridgehead atoms. The number of benzene rings is 1. The molecule has 1 saturated heterocycles. The summed E-state index contributed by atoms with van der Waals surface area (Å²) in [5.74, 6) is 2.72. The first kappa shape index (κ1) is 26.8. The van der Waals surface area contributed by atoms with Crippen LogP contribution >= 0.6 is 0 Å². The second-order valence-electron chi connectivity index (χ2n) is 12.5. The maximum atomic E-state index is 10.9. The number of aliphatic hydroxyl groups is 2. The monoisotopic (exact) mass is 560 g/mol. The molecule has 0 amide bonds. The van der Waals surface area contributed by atoms with Gasteiger partial charge in [0.15, 0.2) is 17.7 Å². The quantitative estimate of drug-likeness (QED) is 0.242. The molecule has 1 aromatic carbocycles. The van der Waals surface area contributed by atoms with Gasteiger partial charge in [0, 0.05) is 25.0 Å². The third kappa shape index (κ3) is 4.88. The number of hydrogen-bond acceptors (Lipinski definition) is 9. The SMILES string of the molecule is CC(C)N(C[C@H]1O[C@@H](n2cnc3c(N)ncnc32)[C@@H](O)[C@H]1O)[C@H]1C[C@H](CCc2nc3cc(C4CCC4)ccc3[nH]2)C1. The third-order valence-corrected chi connectivity index (χ3v) is 9.65. The van der Waals surface area contributed by atoms with Gasteiger partial charge in [-0.2, -0.15) is 0 Å². The summed E-state index contributed by atoms with van der Waals surface area (Å²) in [7, 11) is 0. The van der Waals surface area contributed by atoms with Crippen molar-refractivity contribution < 1.29 is 14.9 Å². The highest BCUT2D eigenvalue weighted by Crippen LogP contribution is 2.39. The lowest BCUT2D eigenvalue weighted by Gasteiger charge is -2.46. The van der Waals surface area contributed by atoms with Crippen LogP contribution in [0.3, 0.4) is 0 Å². The van der Waals surface area contributed by atoms with Gasteiger partial charge in [-0.3, -0.25) is 9.47 Å². The van der Waals surface area contributed by atoms with E-state index in [1.165, 1.54) is 37.5 Å². The Labute approximate surface area is 239 Å². The Morgan fingerprint density at radius 2 is 1.98 bits per heavy atom. The van der Waals surface area contributed by atoms with Gasteiger partial charge in [0.25, 0.3) is 0 Å². The number of hydrogen-bond donors (Lipinski definition) is 4. The summed E-state index contributed by atoms with van der Waals surface area (Å²) in [5.41, 5.74) is 10.5. The zero-order valence-electron chi connectivity index (χ0n) is 23.7. The van der Waals surface area contributed by atoms with E-state index in [-0.39, 0.29) is 11.9 Å². The van der Waals surface area contributed by atoms with Gasteiger partial charge in [-0.15, -0.1) is 0 Å². The van der Waals surface area contributed by atoms with E-state index in [2.05, 4.69) is 56.9 Å². The number of nitrogen functional groups attached to an aromatic ring is 1. The summed E-state index contributed by atoms with van der Waals surface area (Å²) in [5, 5.41) is 21.8. The fourth-order valence-corrected chi connectivity index (χ4v) is 6.89. The fourth-order valence-electron chi connectivity index (χ4n) is 6.89. The Balaban J connectivity index is 0.953. The average Bonchev–Trinajstić information content (AvgIpc) is 3.58. The lowest BCUT2D eigenvalue weighted by molar-refractivity contribution is -0.0620. The van der Waals surface area contributed by atoms with E-state index in [9.17, 15) is 10.2 Å². The molecule has 5 N–H and O–H groups in total. The maximum Gasteiger partial charge on any atom is 0.167 e. The predicted octanol–water partition coefficient (Wildman–Crippen LogP) is 3.29. The molecule has 41 heavy (non-hydrogen) atoms. The lowest BCUT2D eigenvalue weighted by Crippen LogP contribution is -2.52. The number of nitrogens with one attached hydrogen (secondary N) is 1. The molecule has 2 saturated carbocycles. The zero-order chi connectivity index (χ0) is 28.2. The summed E-state index contributed by atoms with van der Waals surface area (Å²) >= 11 is 0. The number of nitrogens with zero attached hydrogens (tertiary/aromatic N) is 6. The van der Waals surface area contributed by atoms with E-state index < -0.39 is 24.5 Å². The van der Waals surface area contributed by atoms with Crippen molar-refractivity contribution in [3.63, 3.8) is 0 Å². The Bertz CT molecular complexity index is 1520. The number of ether oxygens (including phenoxy) is 1. The largest absolute Gasteiger partial charge is 0.387 e. The van der Waals surface area contributed by atoms with Crippen molar-refractivity contribution in [2.75, 3.05) is 12.3 Å². The molecule has 1 aliphatic heterocycles. The van der Waals surface area contributed by atoms with E-state index >= 15 is 0 Å². The summed E-state index contributed by atoms with van der Waals surface area (Å²) < 4.78 is 7.87. The van der Waals surface area contributed by atoms with Gasteiger partial charge in [-0.25, -0.2) is 19.9 Å². The summed E-state index contributed by atoms with van der Waals surface area (Å²) in [4.78, 5) is 23.4. The number of imidazole rings is 2. The highest BCUT2D eigenvalue weighted by Gasteiger charge is 2.46. The van der Waals surface area contributed by atoms with Crippen molar-refractivity contribution in [3.05, 3.63) is 42.2 Å². The number of aromatic amines is 1. The molecule has 3 aromatic heterocycles. The maximum absolute atomic E-state index is 10.9. The molecule has 3 fully saturated rings. The molecule has 11 heteroatoms.